The van der Waals surface area contributed by atoms with Gasteiger partial charge in [0.25, 0.3) is 5.91 Å². The molecule has 0 radical (unpaired) electrons. The monoisotopic (exact) mass is 476 g/mol. The van der Waals surface area contributed by atoms with E-state index in [0.717, 1.165) is 38.8 Å². The molecule has 9 heteroatoms. The molecular weight excluding hydrogens is 444 g/mol. The molecule has 3 aliphatic heterocycles. The number of nitrogens with one attached hydrogen (secondary N) is 1. The van der Waals surface area contributed by atoms with Gasteiger partial charge in [-0.2, -0.15) is 0 Å². The minimum Gasteiger partial charge on any atom is -0.375 e. The van der Waals surface area contributed by atoms with Crippen LogP contribution >= 0.6 is 11.6 Å². The van der Waals surface area contributed by atoms with Crippen LogP contribution in [0.5, 0.6) is 0 Å². The maximum atomic E-state index is 13.1. The summed E-state index contributed by atoms with van der Waals surface area (Å²) in [4.78, 5) is 42.6. The third-order valence-corrected chi connectivity index (χ3v) is 7.05. The summed E-state index contributed by atoms with van der Waals surface area (Å²) in [5.41, 5.74) is 0.932. The largest absolute Gasteiger partial charge is 0.375 e. The molecule has 180 valence electrons. The van der Waals surface area contributed by atoms with Gasteiger partial charge in [-0.1, -0.05) is 18.5 Å². The topological polar surface area (TPSA) is 82.2 Å². The van der Waals surface area contributed by atoms with E-state index < -0.39 is 6.03 Å². The number of carbonyl (C=O) groups excluding carboxylic acids is 3. The molecule has 4 rings (SSSR count). The maximum Gasteiger partial charge on any atom is 0.328 e. The Morgan fingerprint density at radius 1 is 1.06 bits per heavy atom. The molecule has 0 bridgehead atoms. The van der Waals surface area contributed by atoms with Crippen molar-refractivity contribution >= 4 is 35.1 Å². The van der Waals surface area contributed by atoms with Crippen LogP contribution in [0.3, 0.4) is 0 Å². The van der Waals surface area contributed by atoms with Crippen LogP contribution in [0.4, 0.5) is 10.5 Å². The number of hydrogen-bond donors (Lipinski definition) is 1. The van der Waals surface area contributed by atoms with Crippen molar-refractivity contribution in [2.24, 2.45) is 0 Å². The van der Waals surface area contributed by atoms with E-state index in [0.29, 0.717) is 35.5 Å². The number of anilines is 1. The molecule has 0 aliphatic carbocycles. The molecule has 0 unspecified atom stereocenters. The summed E-state index contributed by atoms with van der Waals surface area (Å²) < 4.78 is 6.37. The van der Waals surface area contributed by atoms with E-state index >= 15 is 0 Å². The predicted molar refractivity (Wildman–Crippen MR) is 127 cm³/mol. The van der Waals surface area contributed by atoms with E-state index in [4.69, 9.17) is 16.3 Å². The highest BCUT2D eigenvalue weighted by Gasteiger charge is 2.30. The number of likely N-dealkylation sites (tertiary alicyclic amines) is 2. The summed E-state index contributed by atoms with van der Waals surface area (Å²) in [6.45, 7) is 7.14. The first-order valence-corrected chi connectivity index (χ1v) is 12.4. The number of nitrogens with zero attached hydrogens (tertiary/aromatic N) is 3. The van der Waals surface area contributed by atoms with Crippen molar-refractivity contribution in [3.63, 3.8) is 0 Å². The number of ether oxygens (including phenoxy) is 1. The van der Waals surface area contributed by atoms with Gasteiger partial charge in [-0.25, -0.2) is 4.79 Å². The molecule has 1 aromatic rings. The van der Waals surface area contributed by atoms with Crippen LogP contribution < -0.4 is 10.2 Å². The van der Waals surface area contributed by atoms with Crippen molar-refractivity contribution in [2.45, 2.75) is 57.7 Å². The number of carbonyl (C=O) groups is 3. The minimum atomic E-state index is -0.517. The van der Waals surface area contributed by atoms with E-state index in [2.05, 4.69) is 17.1 Å². The number of hydrogen-bond acceptors (Lipinski definition) is 5. The Morgan fingerprint density at radius 2 is 1.73 bits per heavy atom. The molecule has 3 heterocycles. The molecule has 1 aromatic carbocycles. The summed E-state index contributed by atoms with van der Waals surface area (Å²) >= 11 is 6.31. The Labute approximate surface area is 200 Å². The molecule has 0 saturated carbocycles. The van der Waals surface area contributed by atoms with Crippen molar-refractivity contribution in [1.82, 2.24) is 15.1 Å². The summed E-state index contributed by atoms with van der Waals surface area (Å²) in [5, 5.41) is 2.66. The summed E-state index contributed by atoms with van der Waals surface area (Å²) in [5.74, 6) is -0.385. The molecule has 0 aromatic heterocycles. The van der Waals surface area contributed by atoms with Gasteiger partial charge in [0, 0.05) is 44.7 Å². The number of imide groups is 1. The van der Waals surface area contributed by atoms with Crippen LogP contribution in [0.15, 0.2) is 18.2 Å². The van der Waals surface area contributed by atoms with E-state index in [1.54, 1.807) is 18.2 Å². The zero-order chi connectivity index (χ0) is 23.4. The van der Waals surface area contributed by atoms with Gasteiger partial charge in [0.2, 0.25) is 5.91 Å². The second-order valence-corrected chi connectivity index (χ2v) is 9.50. The lowest BCUT2D eigenvalue weighted by molar-refractivity contribution is -0.120. The van der Waals surface area contributed by atoms with Gasteiger partial charge in [-0.3, -0.25) is 19.8 Å². The Kier molecular flexibility index (Phi) is 7.88. The number of benzene rings is 1. The second kappa shape index (κ2) is 10.8. The molecule has 3 saturated heterocycles. The normalized spacial score (nSPS) is 21.4. The second-order valence-electron chi connectivity index (χ2n) is 9.09. The molecule has 3 fully saturated rings. The highest BCUT2D eigenvalue weighted by atomic mass is 35.5. The van der Waals surface area contributed by atoms with Crippen LogP contribution in [-0.2, 0) is 9.53 Å². The van der Waals surface area contributed by atoms with Crippen LogP contribution in [0.2, 0.25) is 5.02 Å². The maximum absolute atomic E-state index is 13.1. The van der Waals surface area contributed by atoms with Gasteiger partial charge < -0.3 is 14.5 Å². The summed E-state index contributed by atoms with van der Waals surface area (Å²) in [6.07, 6.45) is 5.75. The zero-order valence-corrected chi connectivity index (χ0v) is 20.0. The lowest BCUT2D eigenvalue weighted by Crippen LogP contribution is -2.49. The van der Waals surface area contributed by atoms with E-state index in [-0.39, 0.29) is 30.9 Å². The summed E-state index contributed by atoms with van der Waals surface area (Å²) in [7, 11) is 0. The van der Waals surface area contributed by atoms with Gasteiger partial charge in [0.05, 0.1) is 22.9 Å². The number of amides is 4. The first kappa shape index (κ1) is 24.0. The fourth-order valence-corrected chi connectivity index (χ4v) is 5.10. The Balaban J connectivity index is 1.31. The first-order chi connectivity index (χ1) is 15.9. The third-order valence-electron chi connectivity index (χ3n) is 6.73. The highest BCUT2D eigenvalue weighted by Crippen LogP contribution is 2.30. The standard InChI is InChI=1S/C24H33ClN4O4/c1-2-10-27-11-5-18(6-12-27)33-19-7-13-28(14-8-19)23(31)17-3-4-20(25)21(16-17)29-15-9-22(30)26-24(29)32/h3-4,16,18-19H,2,5-15H2,1H3,(H,26,30,32). The highest BCUT2D eigenvalue weighted by molar-refractivity contribution is 6.34. The number of halogens is 1. The van der Waals surface area contributed by atoms with Crippen molar-refractivity contribution < 1.29 is 19.1 Å². The fourth-order valence-electron chi connectivity index (χ4n) is 4.88. The summed E-state index contributed by atoms with van der Waals surface area (Å²) in [6, 6.07) is 4.45. The zero-order valence-electron chi connectivity index (χ0n) is 19.2. The quantitative estimate of drug-likeness (QED) is 0.681. The Bertz CT molecular complexity index is 879. The molecule has 4 amide bonds. The lowest BCUT2D eigenvalue weighted by Gasteiger charge is -2.37. The fraction of sp³-hybridized carbons (Fsp3) is 0.625. The van der Waals surface area contributed by atoms with Gasteiger partial charge >= 0.3 is 6.03 Å². The van der Waals surface area contributed by atoms with Gasteiger partial charge in [-0.15, -0.1) is 0 Å². The lowest BCUT2D eigenvalue weighted by atomic mass is 10.0. The predicted octanol–water partition coefficient (Wildman–Crippen LogP) is 3.28. The van der Waals surface area contributed by atoms with E-state index in [1.807, 2.05) is 4.90 Å². The van der Waals surface area contributed by atoms with Crippen molar-refractivity contribution in [3.05, 3.63) is 28.8 Å². The van der Waals surface area contributed by atoms with E-state index in [1.165, 1.54) is 17.9 Å². The smallest absolute Gasteiger partial charge is 0.328 e. The van der Waals surface area contributed by atoms with E-state index in [9.17, 15) is 14.4 Å². The van der Waals surface area contributed by atoms with Gasteiger partial charge in [-0.05, 0) is 56.8 Å². The van der Waals surface area contributed by atoms with Crippen molar-refractivity contribution in [3.8, 4) is 0 Å². The van der Waals surface area contributed by atoms with Crippen molar-refractivity contribution in [1.29, 1.82) is 0 Å². The van der Waals surface area contributed by atoms with Crippen LogP contribution in [0, 0.1) is 0 Å². The average Bonchev–Trinajstić information content (AvgIpc) is 2.81. The van der Waals surface area contributed by atoms with Crippen molar-refractivity contribution in [2.75, 3.05) is 44.2 Å². The molecule has 33 heavy (non-hydrogen) atoms. The van der Waals surface area contributed by atoms with Crippen LogP contribution in [0.1, 0.15) is 55.8 Å². The minimum absolute atomic E-state index is 0.0762. The van der Waals surface area contributed by atoms with Gasteiger partial charge in [0.15, 0.2) is 0 Å². The molecular formula is C24H33ClN4O4. The Hall–Kier alpha value is -2.16. The third kappa shape index (κ3) is 5.86. The molecule has 1 N–H and O–H groups in total. The SMILES string of the molecule is CCCN1CCC(OC2CCN(C(=O)c3ccc(Cl)c(N4CCC(=O)NC4=O)c3)CC2)CC1. The van der Waals surface area contributed by atoms with Crippen LogP contribution in [0.25, 0.3) is 0 Å². The van der Waals surface area contributed by atoms with Crippen LogP contribution in [-0.4, -0.2) is 79.1 Å². The molecule has 0 spiro atoms. The molecule has 8 nitrogen and oxygen atoms in total. The first-order valence-electron chi connectivity index (χ1n) is 12.0. The number of urea groups is 1. The number of rotatable bonds is 6. The molecule has 0 atom stereocenters. The average molecular weight is 477 g/mol. The number of piperidine rings is 2. The van der Waals surface area contributed by atoms with Gasteiger partial charge in [0.1, 0.15) is 0 Å². The molecule has 3 aliphatic rings. The Morgan fingerprint density at radius 3 is 2.36 bits per heavy atom.